The molecule has 8 nitrogen and oxygen atoms in total. The number of para-hydroxylation sites is 1. The van der Waals surface area contributed by atoms with Crippen molar-refractivity contribution in [3.63, 3.8) is 0 Å². The topological polar surface area (TPSA) is 98.4 Å². The number of nitrogens with zero attached hydrogens (tertiary/aromatic N) is 4. The quantitative estimate of drug-likeness (QED) is 0.556. The fourth-order valence-corrected chi connectivity index (χ4v) is 3.65. The van der Waals surface area contributed by atoms with E-state index in [0.29, 0.717) is 5.52 Å². The van der Waals surface area contributed by atoms with Crippen LogP contribution in [-0.2, 0) is 16.4 Å². The van der Waals surface area contributed by atoms with E-state index in [4.69, 9.17) is 0 Å². The number of hydrogen-bond donors (Lipinski definition) is 1. The molecule has 28 heavy (non-hydrogen) atoms. The van der Waals surface area contributed by atoms with Crippen LogP contribution in [-0.4, -0.2) is 39.7 Å². The van der Waals surface area contributed by atoms with Crippen LogP contribution in [0.25, 0.3) is 11.2 Å². The summed E-state index contributed by atoms with van der Waals surface area (Å²) < 4.78 is 27.1. The zero-order chi connectivity index (χ0) is 19.7. The second-order valence-electron chi connectivity index (χ2n) is 6.28. The van der Waals surface area contributed by atoms with E-state index in [-0.39, 0.29) is 17.4 Å². The second-order valence-corrected chi connectivity index (χ2v) is 8.19. The summed E-state index contributed by atoms with van der Waals surface area (Å²) in [5.41, 5.74) is 2.22. The molecule has 0 aliphatic carbocycles. The molecule has 0 fully saturated rings. The number of pyridine rings is 1. The molecule has 4 aromatic rings. The first-order valence-corrected chi connectivity index (χ1v) is 10.4. The van der Waals surface area contributed by atoms with Crippen LogP contribution >= 0.6 is 0 Å². The van der Waals surface area contributed by atoms with Crippen molar-refractivity contribution >= 4 is 21.3 Å². The third kappa shape index (κ3) is 3.39. The Morgan fingerprint density at radius 1 is 1.11 bits per heavy atom. The highest BCUT2D eigenvalue weighted by molar-refractivity contribution is 7.90. The predicted octanol–water partition coefficient (Wildman–Crippen LogP) is 1.85. The highest BCUT2D eigenvalue weighted by atomic mass is 32.2. The SMILES string of the molecule is CS(=O)(=O)c1nc(C(=O)NCc2cnn(-c3ccccc3)c2)c2ccccn12. The van der Waals surface area contributed by atoms with Crippen molar-refractivity contribution < 1.29 is 13.2 Å². The molecule has 1 N–H and O–H groups in total. The van der Waals surface area contributed by atoms with Crippen LogP contribution in [0.15, 0.2) is 72.3 Å². The Labute approximate surface area is 161 Å². The van der Waals surface area contributed by atoms with Crippen LogP contribution < -0.4 is 5.32 Å². The lowest BCUT2D eigenvalue weighted by atomic mass is 10.3. The number of amides is 1. The summed E-state index contributed by atoms with van der Waals surface area (Å²) in [6.45, 7) is 0.242. The van der Waals surface area contributed by atoms with Gasteiger partial charge in [-0.3, -0.25) is 9.20 Å². The van der Waals surface area contributed by atoms with Crippen LogP contribution in [0.1, 0.15) is 16.1 Å². The molecule has 0 aliphatic heterocycles. The number of nitrogens with one attached hydrogen (secondary N) is 1. The normalized spacial score (nSPS) is 11.6. The van der Waals surface area contributed by atoms with Crippen molar-refractivity contribution in [1.82, 2.24) is 24.5 Å². The van der Waals surface area contributed by atoms with Crippen molar-refractivity contribution in [2.24, 2.45) is 0 Å². The fourth-order valence-electron chi connectivity index (χ4n) is 2.88. The molecule has 0 aliphatic rings. The lowest BCUT2D eigenvalue weighted by molar-refractivity contribution is 0.0947. The predicted molar refractivity (Wildman–Crippen MR) is 103 cm³/mol. The highest BCUT2D eigenvalue weighted by Gasteiger charge is 2.22. The molecular weight excluding hydrogens is 378 g/mol. The fraction of sp³-hybridized carbons (Fsp3) is 0.105. The molecule has 1 amide bonds. The summed E-state index contributed by atoms with van der Waals surface area (Å²) in [7, 11) is -3.58. The molecule has 0 bridgehead atoms. The summed E-state index contributed by atoms with van der Waals surface area (Å²) in [6, 6.07) is 14.7. The number of rotatable bonds is 5. The van der Waals surface area contributed by atoms with Crippen LogP contribution in [0.2, 0.25) is 0 Å². The van der Waals surface area contributed by atoms with Gasteiger partial charge in [-0.05, 0) is 24.3 Å². The van der Waals surface area contributed by atoms with Gasteiger partial charge in [-0.1, -0.05) is 24.3 Å². The van der Waals surface area contributed by atoms with Crippen molar-refractivity contribution in [3.05, 3.63) is 78.4 Å². The molecule has 142 valence electrons. The van der Waals surface area contributed by atoms with Crippen LogP contribution in [0.5, 0.6) is 0 Å². The van der Waals surface area contributed by atoms with Gasteiger partial charge in [0.1, 0.15) is 0 Å². The van der Waals surface area contributed by atoms with E-state index in [1.807, 2.05) is 36.5 Å². The number of imidazole rings is 1. The molecule has 0 saturated carbocycles. The summed E-state index contributed by atoms with van der Waals surface area (Å²) in [5.74, 6) is -0.453. The molecule has 0 saturated heterocycles. The van der Waals surface area contributed by atoms with Gasteiger partial charge >= 0.3 is 0 Å². The van der Waals surface area contributed by atoms with E-state index in [2.05, 4.69) is 15.4 Å². The van der Waals surface area contributed by atoms with Gasteiger partial charge in [0.15, 0.2) is 5.69 Å². The summed E-state index contributed by atoms with van der Waals surface area (Å²) in [5, 5.41) is 6.90. The number of aromatic nitrogens is 4. The average Bonchev–Trinajstić information content (AvgIpc) is 3.31. The molecule has 0 atom stereocenters. The minimum atomic E-state index is -3.58. The summed E-state index contributed by atoms with van der Waals surface area (Å²) >= 11 is 0. The van der Waals surface area contributed by atoms with Gasteiger partial charge in [0.05, 0.1) is 17.4 Å². The van der Waals surface area contributed by atoms with E-state index in [1.54, 1.807) is 35.3 Å². The van der Waals surface area contributed by atoms with Gasteiger partial charge in [-0.25, -0.2) is 18.1 Å². The Hall–Kier alpha value is -3.46. The molecule has 3 heterocycles. The smallest absolute Gasteiger partial charge is 0.272 e. The van der Waals surface area contributed by atoms with Gasteiger partial charge in [0.25, 0.3) is 5.91 Å². The average molecular weight is 395 g/mol. The van der Waals surface area contributed by atoms with E-state index < -0.39 is 15.7 Å². The summed E-state index contributed by atoms with van der Waals surface area (Å²) in [4.78, 5) is 16.7. The molecule has 1 aromatic carbocycles. The van der Waals surface area contributed by atoms with Crippen molar-refractivity contribution in [2.45, 2.75) is 11.7 Å². The minimum Gasteiger partial charge on any atom is -0.346 e. The largest absolute Gasteiger partial charge is 0.346 e. The Balaban J connectivity index is 1.56. The Kier molecular flexibility index (Phi) is 4.44. The molecule has 0 radical (unpaired) electrons. The third-order valence-corrected chi connectivity index (χ3v) is 5.12. The van der Waals surface area contributed by atoms with E-state index in [1.165, 1.54) is 4.40 Å². The molecule has 3 aromatic heterocycles. The lowest BCUT2D eigenvalue weighted by Gasteiger charge is -2.02. The maximum Gasteiger partial charge on any atom is 0.272 e. The number of carbonyl (C=O) groups excluding carboxylic acids is 1. The Morgan fingerprint density at radius 2 is 1.86 bits per heavy atom. The standard InChI is InChI=1S/C19H17N5O3S/c1-28(26,27)19-22-17(16-9-5-6-10-23(16)19)18(25)20-11-14-12-21-24(13-14)15-7-3-2-4-8-15/h2-10,12-13H,11H2,1H3,(H,20,25). The van der Waals surface area contributed by atoms with Crippen LogP contribution in [0, 0.1) is 0 Å². The van der Waals surface area contributed by atoms with Crippen LogP contribution in [0.4, 0.5) is 0 Å². The Morgan fingerprint density at radius 3 is 2.61 bits per heavy atom. The highest BCUT2D eigenvalue weighted by Crippen LogP contribution is 2.17. The minimum absolute atomic E-state index is 0.0662. The van der Waals surface area contributed by atoms with Crippen LogP contribution in [0.3, 0.4) is 0 Å². The third-order valence-electron chi connectivity index (χ3n) is 4.17. The maximum atomic E-state index is 12.6. The van der Waals surface area contributed by atoms with E-state index in [0.717, 1.165) is 17.5 Å². The van der Waals surface area contributed by atoms with Gasteiger partial charge in [-0.2, -0.15) is 5.10 Å². The van der Waals surface area contributed by atoms with Gasteiger partial charge in [0.2, 0.25) is 15.0 Å². The summed E-state index contributed by atoms with van der Waals surface area (Å²) in [6.07, 6.45) is 6.12. The molecular formula is C19H17N5O3S. The molecule has 0 unspecified atom stereocenters. The first-order chi connectivity index (χ1) is 13.4. The maximum absolute atomic E-state index is 12.6. The van der Waals surface area contributed by atoms with Gasteiger partial charge in [0, 0.05) is 30.8 Å². The van der Waals surface area contributed by atoms with Crippen molar-refractivity contribution in [3.8, 4) is 5.69 Å². The molecule has 0 spiro atoms. The number of fused-ring (bicyclic) bond motifs is 1. The zero-order valence-corrected chi connectivity index (χ0v) is 15.8. The number of carbonyl (C=O) groups is 1. The number of benzene rings is 1. The second kappa shape index (κ2) is 6.93. The Bertz CT molecular complexity index is 1260. The van der Waals surface area contributed by atoms with E-state index >= 15 is 0 Å². The number of sulfone groups is 1. The number of hydrogen-bond acceptors (Lipinski definition) is 5. The molecule has 9 heteroatoms. The first kappa shape index (κ1) is 17.9. The monoisotopic (exact) mass is 395 g/mol. The van der Waals surface area contributed by atoms with E-state index in [9.17, 15) is 13.2 Å². The lowest BCUT2D eigenvalue weighted by Crippen LogP contribution is -2.23. The zero-order valence-electron chi connectivity index (χ0n) is 15.0. The molecule has 4 rings (SSSR count). The van der Waals surface area contributed by atoms with Gasteiger partial charge in [-0.15, -0.1) is 0 Å². The van der Waals surface area contributed by atoms with Crippen molar-refractivity contribution in [2.75, 3.05) is 6.26 Å². The van der Waals surface area contributed by atoms with Gasteiger partial charge < -0.3 is 5.32 Å². The first-order valence-electron chi connectivity index (χ1n) is 8.48. The van der Waals surface area contributed by atoms with Crippen molar-refractivity contribution in [1.29, 1.82) is 0 Å².